The first-order chi connectivity index (χ1) is 5.70. The van der Waals surface area contributed by atoms with Crippen LogP contribution in [0, 0.1) is 6.92 Å². The van der Waals surface area contributed by atoms with E-state index in [4.69, 9.17) is 10.3 Å². The van der Waals surface area contributed by atoms with Crippen LogP contribution in [0.3, 0.4) is 0 Å². The molecular weight excluding hydrogens is 154 g/mol. The molecular formula is C8H13N3O. The molecule has 0 amide bonds. The first kappa shape index (κ1) is 7.73. The van der Waals surface area contributed by atoms with Crippen LogP contribution < -0.4 is 5.73 Å². The zero-order chi connectivity index (χ0) is 8.60. The lowest BCUT2D eigenvalue weighted by atomic mass is 10.1. The first-order valence-corrected chi connectivity index (χ1v) is 4.26. The summed E-state index contributed by atoms with van der Waals surface area (Å²) < 4.78 is 4.85. The van der Waals surface area contributed by atoms with Gasteiger partial charge in [-0.15, -0.1) is 5.10 Å². The monoisotopic (exact) mass is 167 g/mol. The van der Waals surface area contributed by atoms with Gasteiger partial charge < -0.3 is 10.3 Å². The maximum atomic E-state index is 5.93. The number of aromatic nitrogens is 2. The lowest BCUT2D eigenvalue weighted by Crippen LogP contribution is -2.22. The largest absolute Gasteiger partial charge is 0.342 e. The van der Waals surface area contributed by atoms with Gasteiger partial charge in [-0.2, -0.15) is 0 Å². The maximum absolute atomic E-state index is 5.93. The lowest BCUT2D eigenvalue weighted by Gasteiger charge is -2.04. The number of hydrogen-bond donors (Lipinski definition) is 1. The summed E-state index contributed by atoms with van der Waals surface area (Å²) in [7, 11) is 0. The Kier molecular flexibility index (Phi) is 1.65. The number of nitrogens with zero attached hydrogens (tertiary/aromatic N) is 2. The summed E-state index contributed by atoms with van der Waals surface area (Å²) >= 11 is 0. The maximum Gasteiger partial charge on any atom is 0.157 e. The van der Waals surface area contributed by atoms with Gasteiger partial charge in [0.2, 0.25) is 0 Å². The number of hydrogen-bond acceptors (Lipinski definition) is 4. The minimum atomic E-state index is 0.103. The van der Waals surface area contributed by atoms with Crippen LogP contribution in [0.4, 0.5) is 0 Å². The molecule has 0 atom stereocenters. The van der Waals surface area contributed by atoms with Gasteiger partial charge in [-0.3, -0.25) is 0 Å². The zero-order valence-corrected chi connectivity index (χ0v) is 7.21. The topological polar surface area (TPSA) is 64.9 Å². The standard InChI is InChI=1S/C8H13N3O/c1-6-7(10-11-12-6)2-3-8(9)4-5-8/h2-5,9H2,1H3. The highest BCUT2D eigenvalue weighted by Crippen LogP contribution is 2.36. The predicted molar refractivity (Wildman–Crippen MR) is 43.5 cm³/mol. The van der Waals surface area contributed by atoms with Crippen LogP contribution in [-0.2, 0) is 6.42 Å². The fourth-order valence-electron chi connectivity index (χ4n) is 1.26. The van der Waals surface area contributed by atoms with E-state index in [1.165, 1.54) is 0 Å². The number of aryl methyl sites for hydroxylation is 2. The SMILES string of the molecule is Cc1onnc1CCC1(N)CC1. The van der Waals surface area contributed by atoms with Crippen molar-refractivity contribution in [3.8, 4) is 0 Å². The minimum absolute atomic E-state index is 0.103. The van der Waals surface area contributed by atoms with Crippen molar-refractivity contribution in [1.29, 1.82) is 0 Å². The third-order valence-electron chi connectivity index (χ3n) is 2.50. The fourth-order valence-corrected chi connectivity index (χ4v) is 1.26. The quantitative estimate of drug-likeness (QED) is 0.723. The van der Waals surface area contributed by atoms with Crippen LogP contribution in [-0.4, -0.2) is 15.9 Å². The van der Waals surface area contributed by atoms with Gasteiger partial charge in [-0.25, -0.2) is 0 Å². The second-order valence-corrected chi connectivity index (χ2v) is 3.64. The molecule has 1 aliphatic carbocycles. The average Bonchev–Trinajstić information content (AvgIpc) is 2.61. The summed E-state index contributed by atoms with van der Waals surface area (Å²) in [5.41, 5.74) is 6.99. The van der Waals surface area contributed by atoms with E-state index in [-0.39, 0.29) is 5.54 Å². The molecule has 66 valence electrons. The van der Waals surface area contributed by atoms with Gasteiger partial charge in [0.05, 0.1) is 0 Å². The zero-order valence-electron chi connectivity index (χ0n) is 7.21. The van der Waals surface area contributed by atoms with Gasteiger partial charge in [-0.1, -0.05) is 0 Å². The molecule has 0 aromatic carbocycles. The molecule has 0 aliphatic heterocycles. The van der Waals surface area contributed by atoms with Crippen molar-refractivity contribution >= 4 is 0 Å². The molecule has 0 spiro atoms. The predicted octanol–water partition coefficient (Wildman–Crippen LogP) is 0.802. The van der Waals surface area contributed by atoms with E-state index in [9.17, 15) is 0 Å². The van der Waals surface area contributed by atoms with Crippen LogP contribution in [0.25, 0.3) is 0 Å². The third kappa shape index (κ3) is 1.48. The Morgan fingerprint density at radius 1 is 1.58 bits per heavy atom. The minimum Gasteiger partial charge on any atom is -0.342 e. The molecule has 1 aromatic rings. The molecule has 1 aliphatic rings. The van der Waals surface area contributed by atoms with Gasteiger partial charge in [0.1, 0.15) is 5.69 Å². The van der Waals surface area contributed by atoms with Gasteiger partial charge in [-0.05, 0) is 32.6 Å². The van der Waals surface area contributed by atoms with Crippen molar-refractivity contribution in [2.24, 2.45) is 5.73 Å². The summed E-state index contributed by atoms with van der Waals surface area (Å²) in [4.78, 5) is 0. The van der Waals surface area contributed by atoms with Crippen LogP contribution >= 0.6 is 0 Å². The van der Waals surface area contributed by atoms with Gasteiger partial charge in [0, 0.05) is 10.8 Å². The molecule has 2 N–H and O–H groups in total. The second kappa shape index (κ2) is 2.55. The Labute approximate surface area is 71.1 Å². The van der Waals surface area contributed by atoms with Crippen molar-refractivity contribution in [1.82, 2.24) is 10.4 Å². The molecule has 0 unspecified atom stereocenters. The van der Waals surface area contributed by atoms with E-state index in [2.05, 4.69) is 10.4 Å². The number of rotatable bonds is 3. The highest BCUT2D eigenvalue weighted by atomic mass is 16.5. The lowest BCUT2D eigenvalue weighted by molar-refractivity contribution is 0.373. The van der Waals surface area contributed by atoms with Crippen LogP contribution in [0.2, 0.25) is 0 Å². The van der Waals surface area contributed by atoms with Crippen molar-refractivity contribution in [3.63, 3.8) is 0 Å². The molecule has 4 nitrogen and oxygen atoms in total. The Hall–Kier alpha value is -0.900. The Bertz CT molecular complexity index is 278. The molecule has 1 aromatic heterocycles. The van der Waals surface area contributed by atoms with Crippen LogP contribution in [0.15, 0.2) is 4.52 Å². The second-order valence-electron chi connectivity index (χ2n) is 3.64. The van der Waals surface area contributed by atoms with E-state index in [1.807, 2.05) is 6.92 Å². The molecule has 1 heterocycles. The molecule has 2 rings (SSSR count). The van der Waals surface area contributed by atoms with Crippen molar-refractivity contribution in [2.45, 2.75) is 38.1 Å². The van der Waals surface area contributed by atoms with Gasteiger partial charge in [0.25, 0.3) is 0 Å². The van der Waals surface area contributed by atoms with E-state index in [1.54, 1.807) is 0 Å². The highest BCUT2D eigenvalue weighted by molar-refractivity contribution is 5.07. The summed E-state index contributed by atoms with van der Waals surface area (Å²) in [5.74, 6) is 0.819. The molecule has 0 bridgehead atoms. The van der Waals surface area contributed by atoms with E-state index >= 15 is 0 Å². The fraction of sp³-hybridized carbons (Fsp3) is 0.750. The molecule has 12 heavy (non-hydrogen) atoms. The van der Waals surface area contributed by atoms with Crippen LogP contribution in [0.5, 0.6) is 0 Å². The van der Waals surface area contributed by atoms with E-state index in [0.717, 1.165) is 37.1 Å². The Balaban J connectivity index is 1.91. The highest BCUT2D eigenvalue weighted by Gasteiger charge is 2.37. The van der Waals surface area contributed by atoms with E-state index < -0.39 is 0 Å². The normalized spacial score (nSPS) is 19.5. The van der Waals surface area contributed by atoms with Gasteiger partial charge in [0.15, 0.2) is 5.76 Å². The van der Waals surface area contributed by atoms with E-state index in [0.29, 0.717) is 0 Å². The third-order valence-corrected chi connectivity index (χ3v) is 2.50. The summed E-state index contributed by atoms with van der Waals surface area (Å²) in [6.45, 7) is 1.88. The summed E-state index contributed by atoms with van der Waals surface area (Å²) in [5, 5.41) is 7.35. The van der Waals surface area contributed by atoms with Crippen molar-refractivity contribution in [2.75, 3.05) is 0 Å². The van der Waals surface area contributed by atoms with Gasteiger partial charge >= 0.3 is 0 Å². The molecule has 4 heteroatoms. The molecule has 0 radical (unpaired) electrons. The average molecular weight is 167 g/mol. The Morgan fingerprint density at radius 3 is 2.83 bits per heavy atom. The molecule has 0 saturated heterocycles. The number of nitrogens with two attached hydrogens (primary N) is 1. The smallest absolute Gasteiger partial charge is 0.157 e. The Morgan fingerprint density at radius 2 is 2.33 bits per heavy atom. The van der Waals surface area contributed by atoms with Crippen LogP contribution in [0.1, 0.15) is 30.7 Å². The van der Waals surface area contributed by atoms with Crippen molar-refractivity contribution in [3.05, 3.63) is 11.5 Å². The summed E-state index contributed by atoms with van der Waals surface area (Å²) in [6, 6.07) is 0. The first-order valence-electron chi connectivity index (χ1n) is 4.26. The molecule has 1 saturated carbocycles. The van der Waals surface area contributed by atoms with Crippen molar-refractivity contribution < 1.29 is 4.52 Å². The molecule has 1 fully saturated rings. The summed E-state index contributed by atoms with van der Waals surface area (Å²) in [6.07, 6.45) is 4.20.